The van der Waals surface area contributed by atoms with Crippen LogP contribution >= 0.6 is 0 Å². The van der Waals surface area contributed by atoms with Crippen LogP contribution in [0.4, 0.5) is 10.1 Å². The molecule has 1 fully saturated rings. The number of ether oxygens (including phenoxy) is 2. The van der Waals surface area contributed by atoms with Crippen molar-refractivity contribution in [2.24, 2.45) is 0 Å². The number of sulfonamides is 2. The van der Waals surface area contributed by atoms with Crippen molar-refractivity contribution in [1.29, 1.82) is 0 Å². The van der Waals surface area contributed by atoms with Gasteiger partial charge < -0.3 is 9.47 Å². The molecule has 1 saturated heterocycles. The van der Waals surface area contributed by atoms with Crippen LogP contribution < -0.4 is 9.46 Å². The Labute approximate surface area is 163 Å². The molecule has 0 atom stereocenters. The lowest BCUT2D eigenvalue weighted by Crippen LogP contribution is -2.40. The van der Waals surface area contributed by atoms with Gasteiger partial charge in [0.15, 0.2) is 11.6 Å². The van der Waals surface area contributed by atoms with E-state index in [4.69, 9.17) is 9.47 Å². The molecule has 3 rings (SSSR count). The van der Waals surface area contributed by atoms with Crippen LogP contribution in [0.15, 0.2) is 52.3 Å². The summed E-state index contributed by atoms with van der Waals surface area (Å²) in [5, 5.41) is 0. The number of benzene rings is 2. The van der Waals surface area contributed by atoms with E-state index in [2.05, 4.69) is 4.72 Å². The van der Waals surface area contributed by atoms with Crippen molar-refractivity contribution >= 4 is 25.7 Å². The van der Waals surface area contributed by atoms with Gasteiger partial charge in [0.05, 0.1) is 30.1 Å². The molecule has 2 aromatic carbocycles. The molecule has 11 heteroatoms. The van der Waals surface area contributed by atoms with Crippen LogP contribution in [0.5, 0.6) is 5.75 Å². The van der Waals surface area contributed by atoms with Gasteiger partial charge in [-0.15, -0.1) is 0 Å². The molecule has 0 spiro atoms. The quantitative estimate of drug-likeness (QED) is 0.748. The Bertz CT molecular complexity index is 1050. The monoisotopic (exact) mass is 430 g/mol. The molecule has 0 bridgehead atoms. The Hall–Kier alpha value is -2.21. The van der Waals surface area contributed by atoms with Crippen LogP contribution in [-0.2, 0) is 24.8 Å². The third-order valence-corrected chi connectivity index (χ3v) is 7.44. The lowest BCUT2D eigenvalue weighted by molar-refractivity contribution is 0.0730. The highest BCUT2D eigenvalue weighted by atomic mass is 32.2. The number of nitrogens with zero attached hydrogens (tertiary/aromatic N) is 1. The highest BCUT2D eigenvalue weighted by Gasteiger charge is 2.26. The molecule has 0 aliphatic carbocycles. The number of morpholine rings is 1. The van der Waals surface area contributed by atoms with Crippen LogP contribution in [0.1, 0.15) is 0 Å². The van der Waals surface area contributed by atoms with Gasteiger partial charge in [0, 0.05) is 18.8 Å². The predicted octanol–water partition coefficient (Wildman–Crippen LogP) is 1.66. The summed E-state index contributed by atoms with van der Waals surface area (Å²) in [4.78, 5) is -0.233. The summed E-state index contributed by atoms with van der Waals surface area (Å²) in [6.45, 7) is 1.19. The summed E-state index contributed by atoms with van der Waals surface area (Å²) in [7, 11) is -6.45. The van der Waals surface area contributed by atoms with Gasteiger partial charge in [-0.2, -0.15) is 4.31 Å². The van der Waals surface area contributed by atoms with Gasteiger partial charge in [-0.05, 0) is 42.5 Å². The molecule has 1 heterocycles. The molecule has 1 aliphatic heterocycles. The molecule has 0 radical (unpaired) electrons. The molecule has 8 nitrogen and oxygen atoms in total. The van der Waals surface area contributed by atoms with E-state index >= 15 is 0 Å². The van der Waals surface area contributed by atoms with E-state index in [-0.39, 0.29) is 34.3 Å². The first kappa shape index (κ1) is 20.5. The fourth-order valence-electron chi connectivity index (χ4n) is 2.66. The first-order valence-electron chi connectivity index (χ1n) is 8.28. The van der Waals surface area contributed by atoms with Gasteiger partial charge in [0.2, 0.25) is 10.0 Å². The fourth-order valence-corrected chi connectivity index (χ4v) is 5.14. The number of halogens is 1. The molecule has 1 aliphatic rings. The van der Waals surface area contributed by atoms with Crippen molar-refractivity contribution in [3.8, 4) is 5.75 Å². The van der Waals surface area contributed by atoms with Gasteiger partial charge in [-0.3, -0.25) is 4.72 Å². The summed E-state index contributed by atoms with van der Waals surface area (Å²) in [5.41, 5.74) is 0.150. The minimum Gasteiger partial charge on any atom is -0.494 e. The maximum Gasteiger partial charge on any atom is 0.262 e. The molecular weight excluding hydrogens is 411 g/mol. The van der Waals surface area contributed by atoms with E-state index in [1.165, 1.54) is 47.8 Å². The average Bonchev–Trinajstić information content (AvgIpc) is 2.68. The summed E-state index contributed by atoms with van der Waals surface area (Å²) in [5.74, 6) is -0.881. The van der Waals surface area contributed by atoms with Gasteiger partial charge in [0.1, 0.15) is 0 Å². The van der Waals surface area contributed by atoms with Gasteiger partial charge >= 0.3 is 0 Å². The van der Waals surface area contributed by atoms with E-state index < -0.39 is 25.9 Å². The molecule has 0 aromatic heterocycles. The number of hydrogen-bond donors (Lipinski definition) is 1. The number of nitrogens with one attached hydrogen (secondary N) is 1. The number of anilines is 1. The number of methoxy groups -OCH3 is 1. The molecular formula is C17H19FN2O6S2. The highest BCUT2D eigenvalue weighted by Crippen LogP contribution is 2.24. The third kappa shape index (κ3) is 4.27. The number of rotatable bonds is 6. The van der Waals surface area contributed by atoms with Crippen molar-refractivity contribution in [3.63, 3.8) is 0 Å². The summed E-state index contributed by atoms with van der Waals surface area (Å²) in [6, 6.07) is 8.58. The molecule has 0 saturated carbocycles. The minimum absolute atomic E-state index is 0.0489. The van der Waals surface area contributed by atoms with E-state index in [1.807, 2.05) is 0 Å². The van der Waals surface area contributed by atoms with E-state index in [1.54, 1.807) is 0 Å². The summed E-state index contributed by atoms with van der Waals surface area (Å²) < 4.78 is 77.3. The van der Waals surface area contributed by atoms with Crippen LogP contribution in [0.25, 0.3) is 0 Å². The van der Waals surface area contributed by atoms with Crippen molar-refractivity contribution in [2.45, 2.75) is 9.79 Å². The Kier molecular flexibility index (Phi) is 5.89. The predicted molar refractivity (Wildman–Crippen MR) is 99.8 cm³/mol. The molecule has 0 amide bonds. The normalized spacial score (nSPS) is 15.9. The SMILES string of the molecule is COc1ccc(S(=O)(=O)Nc2ccc(S(=O)(=O)N3CCOCC3)cc2)cc1F. The van der Waals surface area contributed by atoms with E-state index in [0.717, 1.165) is 6.07 Å². The zero-order chi connectivity index (χ0) is 20.4. The smallest absolute Gasteiger partial charge is 0.262 e. The largest absolute Gasteiger partial charge is 0.494 e. The second-order valence-corrected chi connectivity index (χ2v) is 9.56. The zero-order valence-electron chi connectivity index (χ0n) is 15.0. The van der Waals surface area contributed by atoms with Gasteiger partial charge in [0.25, 0.3) is 10.0 Å². The Morgan fingerprint density at radius 3 is 2.18 bits per heavy atom. The summed E-state index contributed by atoms with van der Waals surface area (Å²) >= 11 is 0. The Morgan fingerprint density at radius 1 is 1.00 bits per heavy atom. The van der Waals surface area contributed by atoms with Gasteiger partial charge in [-0.25, -0.2) is 21.2 Å². The lowest BCUT2D eigenvalue weighted by atomic mass is 10.3. The molecule has 152 valence electrons. The van der Waals surface area contributed by atoms with Crippen LogP contribution in [0, 0.1) is 5.82 Å². The second kappa shape index (κ2) is 8.03. The van der Waals surface area contributed by atoms with Crippen molar-refractivity contribution < 1.29 is 30.7 Å². The second-order valence-electron chi connectivity index (χ2n) is 5.94. The number of hydrogen-bond acceptors (Lipinski definition) is 6. The van der Waals surface area contributed by atoms with Crippen LogP contribution in [0.2, 0.25) is 0 Å². The molecule has 1 N–H and O–H groups in total. The molecule has 2 aromatic rings. The Balaban J connectivity index is 1.79. The Morgan fingerprint density at radius 2 is 1.61 bits per heavy atom. The van der Waals surface area contributed by atoms with Crippen molar-refractivity contribution in [3.05, 3.63) is 48.3 Å². The average molecular weight is 430 g/mol. The van der Waals surface area contributed by atoms with E-state index in [9.17, 15) is 21.2 Å². The van der Waals surface area contributed by atoms with Crippen LogP contribution in [0.3, 0.4) is 0 Å². The van der Waals surface area contributed by atoms with Crippen molar-refractivity contribution in [2.75, 3.05) is 38.1 Å². The van der Waals surface area contributed by atoms with E-state index in [0.29, 0.717) is 13.2 Å². The first-order valence-corrected chi connectivity index (χ1v) is 11.2. The molecule has 28 heavy (non-hydrogen) atoms. The standard InChI is InChI=1S/C17H19FN2O6S2/c1-25-17-7-6-15(12-16(17)18)27(21,22)19-13-2-4-14(5-3-13)28(23,24)20-8-10-26-11-9-20/h2-7,12,19H,8-11H2,1H3. The lowest BCUT2D eigenvalue weighted by Gasteiger charge is -2.26. The van der Waals surface area contributed by atoms with Crippen molar-refractivity contribution in [1.82, 2.24) is 4.31 Å². The topological polar surface area (TPSA) is 102 Å². The maximum absolute atomic E-state index is 13.8. The third-order valence-electron chi connectivity index (χ3n) is 4.15. The molecule has 0 unspecified atom stereocenters. The fraction of sp³-hybridized carbons (Fsp3) is 0.294. The maximum atomic E-state index is 13.8. The van der Waals surface area contributed by atoms with Gasteiger partial charge in [-0.1, -0.05) is 0 Å². The first-order chi connectivity index (χ1) is 13.2. The van der Waals surface area contributed by atoms with Crippen LogP contribution in [-0.4, -0.2) is 54.6 Å². The minimum atomic E-state index is -4.05. The zero-order valence-corrected chi connectivity index (χ0v) is 16.6. The highest BCUT2D eigenvalue weighted by molar-refractivity contribution is 7.92. The summed E-state index contributed by atoms with van der Waals surface area (Å²) in [6.07, 6.45) is 0.